The van der Waals surface area contributed by atoms with Crippen molar-refractivity contribution in [2.45, 2.75) is 26.4 Å². The molecule has 0 amide bonds. The molecule has 5 rings (SSSR count). The Morgan fingerprint density at radius 3 is 2.64 bits per heavy atom. The number of hydrogen-bond acceptors (Lipinski definition) is 7. The number of nitrogens with one attached hydrogen (secondary N) is 1. The van der Waals surface area contributed by atoms with Crippen LogP contribution in [0.25, 0.3) is 22.2 Å². The second-order valence-corrected chi connectivity index (χ2v) is 8.82. The molecule has 8 heteroatoms. The number of hydrogen-bond donors (Lipinski definition) is 2. The standard InChI is InChI=1S/C25H24N6OS/c1-16(2)31-14-20(22-23(26)29-15-30-24(22)31)17-7-9-19(10-8-17)32-21-6-4-3-5-18(21)13-28-25-27-11-12-33-25/h3-12,14-16H,13H2,1-2H3,(H,27,28)(H2,26,29,30). The van der Waals surface area contributed by atoms with Crippen LogP contribution in [0.4, 0.5) is 10.9 Å². The fourth-order valence-electron chi connectivity index (χ4n) is 3.78. The number of nitrogens with two attached hydrogens (primary N) is 1. The Kier molecular flexibility index (Phi) is 5.66. The van der Waals surface area contributed by atoms with Crippen molar-refractivity contribution in [3.05, 3.63) is 78.2 Å². The minimum Gasteiger partial charge on any atom is -0.457 e. The first kappa shape index (κ1) is 21.0. The lowest BCUT2D eigenvalue weighted by Gasteiger charge is -2.12. The van der Waals surface area contributed by atoms with Gasteiger partial charge in [0.05, 0.1) is 5.39 Å². The van der Waals surface area contributed by atoms with Crippen molar-refractivity contribution in [2.24, 2.45) is 0 Å². The molecule has 33 heavy (non-hydrogen) atoms. The number of ether oxygens (including phenoxy) is 1. The fraction of sp³-hybridized carbons (Fsp3) is 0.160. The number of para-hydroxylation sites is 1. The van der Waals surface area contributed by atoms with E-state index in [-0.39, 0.29) is 6.04 Å². The van der Waals surface area contributed by atoms with Crippen molar-refractivity contribution < 1.29 is 4.74 Å². The smallest absolute Gasteiger partial charge is 0.182 e. The van der Waals surface area contributed by atoms with E-state index in [1.54, 1.807) is 17.5 Å². The van der Waals surface area contributed by atoms with Gasteiger partial charge in [0.2, 0.25) is 0 Å². The third-order valence-electron chi connectivity index (χ3n) is 5.42. The Morgan fingerprint density at radius 2 is 1.88 bits per heavy atom. The van der Waals surface area contributed by atoms with Crippen molar-refractivity contribution in [3.8, 4) is 22.6 Å². The summed E-state index contributed by atoms with van der Waals surface area (Å²) < 4.78 is 8.34. The van der Waals surface area contributed by atoms with Gasteiger partial charge in [-0.1, -0.05) is 30.3 Å². The molecule has 3 N–H and O–H groups in total. The number of nitrogen functional groups attached to an aromatic ring is 1. The minimum absolute atomic E-state index is 0.257. The molecular weight excluding hydrogens is 432 g/mol. The fourth-order valence-corrected chi connectivity index (χ4v) is 4.31. The Bertz CT molecular complexity index is 1380. The third kappa shape index (κ3) is 4.25. The quantitative estimate of drug-likeness (QED) is 0.306. The van der Waals surface area contributed by atoms with E-state index < -0.39 is 0 Å². The normalized spacial score (nSPS) is 11.2. The van der Waals surface area contributed by atoms with Gasteiger partial charge >= 0.3 is 0 Å². The van der Waals surface area contributed by atoms with Crippen LogP contribution in [0.1, 0.15) is 25.5 Å². The first-order valence-corrected chi connectivity index (χ1v) is 11.6. The summed E-state index contributed by atoms with van der Waals surface area (Å²) in [6, 6.07) is 16.3. The molecule has 0 aliphatic heterocycles. The van der Waals surface area contributed by atoms with Gasteiger partial charge in [0.1, 0.15) is 29.3 Å². The highest BCUT2D eigenvalue weighted by atomic mass is 32.1. The minimum atomic E-state index is 0.257. The molecule has 0 saturated carbocycles. The average molecular weight is 457 g/mol. The van der Waals surface area contributed by atoms with Gasteiger partial charge in [-0.25, -0.2) is 15.0 Å². The zero-order valence-electron chi connectivity index (χ0n) is 18.4. The van der Waals surface area contributed by atoms with Crippen LogP contribution in [0, 0.1) is 0 Å². The van der Waals surface area contributed by atoms with Crippen LogP contribution < -0.4 is 15.8 Å². The topological polar surface area (TPSA) is 90.9 Å². The maximum Gasteiger partial charge on any atom is 0.182 e. The van der Waals surface area contributed by atoms with Crippen molar-refractivity contribution >= 4 is 33.3 Å². The van der Waals surface area contributed by atoms with Crippen LogP contribution >= 0.6 is 11.3 Å². The van der Waals surface area contributed by atoms with Crippen molar-refractivity contribution in [1.82, 2.24) is 19.5 Å². The number of rotatable bonds is 7. The Morgan fingerprint density at radius 1 is 1.06 bits per heavy atom. The largest absolute Gasteiger partial charge is 0.457 e. The summed E-state index contributed by atoms with van der Waals surface area (Å²) in [5, 5.41) is 7.04. The average Bonchev–Trinajstić information content (AvgIpc) is 3.48. The molecule has 0 unspecified atom stereocenters. The highest BCUT2D eigenvalue weighted by Gasteiger charge is 2.16. The second kappa shape index (κ2) is 8.91. The number of nitrogens with zero attached hydrogens (tertiary/aromatic N) is 4. The van der Waals surface area contributed by atoms with Gasteiger partial charge in [-0.3, -0.25) is 0 Å². The molecule has 5 aromatic rings. The molecule has 3 aromatic heterocycles. The number of anilines is 2. The molecule has 0 atom stereocenters. The highest BCUT2D eigenvalue weighted by Crippen LogP contribution is 2.35. The molecule has 0 radical (unpaired) electrons. The molecule has 3 heterocycles. The molecule has 0 aliphatic rings. The van der Waals surface area contributed by atoms with E-state index in [1.807, 2.05) is 53.9 Å². The molecule has 2 aromatic carbocycles. The van der Waals surface area contributed by atoms with Gasteiger partial charge in [0, 0.05) is 41.5 Å². The van der Waals surface area contributed by atoms with Crippen LogP contribution in [0.5, 0.6) is 11.5 Å². The molecule has 0 bridgehead atoms. The van der Waals surface area contributed by atoms with E-state index in [1.165, 1.54) is 6.33 Å². The summed E-state index contributed by atoms with van der Waals surface area (Å²) >= 11 is 1.57. The van der Waals surface area contributed by atoms with E-state index in [2.05, 4.69) is 44.9 Å². The van der Waals surface area contributed by atoms with E-state index in [4.69, 9.17) is 10.5 Å². The first-order valence-electron chi connectivity index (χ1n) is 10.7. The lowest BCUT2D eigenvalue weighted by atomic mass is 10.1. The SMILES string of the molecule is CC(C)n1cc(-c2ccc(Oc3ccccc3CNc3nccs3)cc2)c2c(N)ncnc21. The monoisotopic (exact) mass is 456 g/mol. The van der Waals surface area contributed by atoms with Crippen LogP contribution in [-0.2, 0) is 6.54 Å². The summed E-state index contributed by atoms with van der Waals surface area (Å²) in [6.45, 7) is 4.88. The molecule has 0 spiro atoms. The van der Waals surface area contributed by atoms with E-state index in [0.717, 1.165) is 44.4 Å². The van der Waals surface area contributed by atoms with Gasteiger partial charge in [0.15, 0.2) is 5.13 Å². The van der Waals surface area contributed by atoms with Gasteiger partial charge in [-0.2, -0.15) is 0 Å². The predicted molar refractivity (Wildman–Crippen MR) is 134 cm³/mol. The molecular formula is C25H24N6OS. The van der Waals surface area contributed by atoms with E-state index >= 15 is 0 Å². The molecule has 0 fully saturated rings. The van der Waals surface area contributed by atoms with Gasteiger partial charge in [-0.05, 0) is 37.6 Å². The number of benzene rings is 2. The van der Waals surface area contributed by atoms with Crippen LogP contribution in [-0.4, -0.2) is 19.5 Å². The van der Waals surface area contributed by atoms with Gasteiger partial charge < -0.3 is 20.4 Å². The van der Waals surface area contributed by atoms with Crippen molar-refractivity contribution in [3.63, 3.8) is 0 Å². The Balaban J connectivity index is 1.41. The van der Waals surface area contributed by atoms with Crippen LogP contribution in [0.3, 0.4) is 0 Å². The maximum atomic E-state index is 6.22. The first-order chi connectivity index (χ1) is 16.1. The third-order valence-corrected chi connectivity index (χ3v) is 6.15. The predicted octanol–water partition coefficient (Wildman–Crippen LogP) is 6.12. The Hall–Kier alpha value is -3.91. The van der Waals surface area contributed by atoms with E-state index in [9.17, 15) is 0 Å². The molecule has 0 saturated heterocycles. The van der Waals surface area contributed by atoms with Crippen LogP contribution in [0.15, 0.2) is 72.6 Å². The second-order valence-electron chi connectivity index (χ2n) is 7.93. The van der Waals surface area contributed by atoms with Crippen LogP contribution in [0.2, 0.25) is 0 Å². The van der Waals surface area contributed by atoms with Gasteiger partial charge in [0.25, 0.3) is 0 Å². The number of fused-ring (bicyclic) bond motifs is 1. The van der Waals surface area contributed by atoms with Gasteiger partial charge in [-0.15, -0.1) is 11.3 Å². The lowest BCUT2D eigenvalue weighted by Crippen LogP contribution is -2.00. The highest BCUT2D eigenvalue weighted by molar-refractivity contribution is 7.13. The summed E-state index contributed by atoms with van der Waals surface area (Å²) in [5.41, 5.74) is 10.2. The lowest BCUT2D eigenvalue weighted by molar-refractivity contribution is 0.477. The summed E-state index contributed by atoms with van der Waals surface area (Å²) in [7, 11) is 0. The van der Waals surface area contributed by atoms with E-state index in [0.29, 0.717) is 12.4 Å². The summed E-state index contributed by atoms with van der Waals surface area (Å²) in [6.07, 6.45) is 5.39. The summed E-state index contributed by atoms with van der Waals surface area (Å²) in [4.78, 5) is 12.9. The number of thiazole rings is 1. The molecule has 0 aliphatic carbocycles. The molecule has 166 valence electrons. The van der Waals surface area contributed by atoms with Crippen molar-refractivity contribution in [1.29, 1.82) is 0 Å². The maximum absolute atomic E-state index is 6.22. The molecule has 7 nitrogen and oxygen atoms in total. The zero-order valence-corrected chi connectivity index (χ0v) is 19.2. The Labute approximate surface area is 195 Å². The zero-order chi connectivity index (χ0) is 22.8. The van der Waals surface area contributed by atoms with Crippen molar-refractivity contribution in [2.75, 3.05) is 11.1 Å². The number of aromatic nitrogens is 4. The summed E-state index contributed by atoms with van der Waals surface area (Å²) in [5.74, 6) is 2.05.